The maximum atomic E-state index is 11.7. The Hall–Kier alpha value is -1.75. The van der Waals surface area contributed by atoms with Crippen LogP contribution in [0.25, 0.3) is 0 Å². The Morgan fingerprint density at radius 3 is 3.00 bits per heavy atom. The Morgan fingerprint density at radius 1 is 1.42 bits per heavy atom. The van der Waals surface area contributed by atoms with Gasteiger partial charge in [0.05, 0.1) is 0 Å². The van der Waals surface area contributed by atoms with Gasteiger partial charge in [0.2, 0.25) is 12.7 Å². The number of rotatable bonds is 6. The highest BCUT2D eigenvalue weighted by Gasteiger charge is 2.14. The molecule has 0 saturated heterocycles. The van der Waals surface area contributed by atoms with Gasteiger partial charge in [-0.1, -0.05) is 6.07 Å². The molecule has 0 aliphatic carbocycles. The van der Waals surface area contributed by atoms with Crippen LogP contribution in [0.5, 0.6) is 11.5 Å². The highest BCUT2D eigenvalue weighted by molar-refractivity contribution is 5.76. The number of benzene rings is 1. The molecule has 0 spiro atoms. The molecule has 1 aromatic carbocycles. The second kappa shape index (κ2) is 6.43. The Labute approximate surface area is 112 Å². The first kappa shape index (κ1) is 13.7. The zero-order valence-corrected chi connectivity index (χ0v) is 11.0. The standard InChI is InChI=1S/C14H19NO4/c1-10(6-7-16)15-14(17)5-3-11-2-4-12-13(8-11)19-9-18-12/h2,4,8,10,16H,3,5-7,9H2,1H3,(H,15,17). The zero-order chi connectivity index (χ0) is 13.7. The molecule has 1 amide bonds. The third-order valence-corrected chi connectivity index (χ3v) is 3.05. The Kier molecular flexibility index (Phi) is 4.63. The number of fused-ring (bicyclic) bond motifs is 1. The molecule has 1 aromatic rings. The van der Waals surface area contributed by atoms with Crippen LogP contribution < -0.4 is 14.8 Å². The van der Waals surface area contributed by atoms with Gasteiger partial charge in [-0.3, -0.25) is 4.79 Å². The van der Waals surface area contributed by atoms with Crippen molar-refractivity contribution in [2.45, 2.75) is 32.2 Å². The van der Waals surface area contributed by atoms with Gasteiger partial charge in [0.15, 0.2) is 11.5 Å². The van der Waals surface area contributed by atoms with E-state index in [4.69, 9.17) is 14.6 Å². The second-order valence-corrected chi connectivity index (χ2v) is 4.67. The van der Waals surface area contributed by atoms with Crippen LogP contribution >= 0.6 is 0 Å². The maximum absolute atomic E-state index is 11.7. The summed E-state index contributed by atoms with van der Waals surface area (Å²) in [6.45, 7) is 2.23. The van der Waals surface area contributed by atoms with E-state index in [1.54, 1.807) is 0 Å². The minimum Gasteiger partial charge on any atom is -0.454 e. The molecule has 1 atom stereocenters. The van der Waals surface area contributed by atoms with Crippen LogP contribution in [-0.4, -0.2) is 30.5 Å². The Morgan fingerprint density at radius 2 is 2.21 bits per heavy atom. The average Bonchev–Trinajstić information content (AvgIpc) is 2.83. The fourth-order valence-electron chi connectivity index (χ4n) is 1.97. The molecule has 104 valence electrons. The Balaban J connectivity index is 1.80. The molecule has 1 aliphatic rings. The van der Waals surface area contributed by atoms with Crippen molar-refractivity contribution < 1.29 is 19.4 Å². The van der Waals surface area contributed by atoms with Crippen LogP contribution in [0.2, 0.25) is 0 Å². The molecule has 2 rings (SSSR count). The summed E-state index contributed by atoms with van der Waals surface area (Å²) >= 11 is 0. The van der Waals surface area contributed by atoms with Crippen molar-refractivity contribution >= 4 is 5.91 Å². The van der Waals surface area contributed by atoms with E-state index in [0.717, 1.165) is 17.1 Å². The van der Waals surface area contributed by atoms with E-state index in [9.17, 15) is 4.79 Å². The summed E-state index contributed by atoms with van der Waals surface area (Å²) in [7, 11) is 0. The molecule has 0 aromatic heterocycles. The molecule has 2 N–H and O–H groups in total. The van der Waals surface area contributed by atoms with E-state index in [0.29, 0.717) is 19.3 Å². The van der Waals surface area contributed by atoms with Crippen molar-refractivity contribution in [1.29, 1.82) is 0 Å². The quantitative estimate of drug-likeness (QED) is 0.812. The van der Waals surface area contributed by atoms with Gasteiger partial charge in [0, 0.05) is 19.1 Å². The van der Waals surface area contributed by atoms with Gasteiger partial charge in [-0.2, -0.15) is 0 Å². The SMILES string of the molecule is CC(CCO)NC(=O)CCc1ccc2c(c1)OCO2. The fourth-order valence-corrected chi connectivity index (χ4v) is 1.97. The molecule has 1 unspecified atom stereocenters. The van der Waals surface area contributed by atoms with Crippen LogP contribution in [-0.2, 0) is 11.2 Å². The molecular weight excluding hydrogens is 246 g/mol. The molecule has 0 radical (unpaired) electrons. The summed E-state index contributed by atoms with van der Waals surface area (Å²) < 4.78 is 10.5. The van der Waals surface area contributed by atoms with Crippen molar-refractivity contribution in [3.63, 3.8) is 0 Å². The number of aliphatic hydroxyl groups is 1. The van der Waals surface area contributed by atoms with Crippen LogP contribution in [0.1, 0.15) is 25.3 Å². The number of hydrogen-bond acceptors (Lipinski definition) is 4. The van der Waals surface area contributed by atoms with Gasteiger partial charge in [-0.05, 0) is 37.5 Å². The van der Waals surface area contributed by atoms with E-state index in [2.05, 4.69) is 5.32 Å². The summed E-state index contributed by atoms with van der Waals surface area (Å²) in [6, 6.07) is 5.73. The monoisotopic (exact) mass is 265 g/mol. The lowest BCUT2D eigenvalue weighted by atomic mass is 10.1. The van der Waals surface area contributed by atoms with E-state index in [-0.39, 0.29) is 25.3 Å². The first-order chi connectivity index (χ1) is 9.19. The predicted molar refractivity (Wildman–Crippen MR) is 70.2 cm³/mol. The van der Waals surface area contributed by atoms with Gasteiger partial charge in [-0.25, -0.2) is 0 Å². The lowest BCUT2D eigenvalue weighted by molar-refractivity contribution is -0.121. The molecule has 0 bridgehead atoms. The average molecular weight is 265 g/mol. The Bertz CT molecular complexity index is 447. The zero-order valence-electron chi connectivity index (χ0n) is 11.0. The second-order valence-electron chi connectivity index (χ2n) is 4.67. The van der Waals surface area contributed by atoms with E-state index in [1.165, 1.54) is 0 Å². The first-order valence-electron chi connectivity index (χ1n) is 6.48. The molecular formula is C14H19NO4. The molecule has 0 fully saturated rings. The van der Waals surface area contributed by atoms with Crippen LogP contribution in [0.4, 0.5) is 0 Å². The number of aryl methyl sites for hydroxylation is 1. The normalized spacial score (nSPS) is 14.2. The van der Waals surface area contributed by atoms with E-state index in [1.807, 2.05) is 25.1 Å². The van der Waals surface area contributed by atoms with Crippen LogP contribution in [0.15, 0.2) is 18.2 Å². The first-order valence-corrected chi connectivity index (χ1v) is 6.48. The fraction of sp³-hybridized carbons (Fsp3) is 0.500. The third kappa shape index (κ3) is 3.86. The van der Waals surface area contributed by atoms with Gasteiger partial charge in [-0.15, -0.1) is 0 Å². The number of aliphatic hydroxyl groups excluding tert-OH is 1. The lowest BCUT2D eigenvalue weighted by Gasteiger charge is -2.12. The minimum absolute atomic E-state index is 0.00128. The maximum Gasteiger partial charge on any atom is 0.231 e. The minimum atomic E-state index is -0.00128. The highest BCUT2D eigenvalue weighted by Crippen LogP contribution is 2.32. The molecule has 5 nitrogen and oxygen atoms in total. The van der Waals surface area contributed by atoms with Crippen molar-refractivity contribution in [3.8, 4) is 11.5 Å². The van der Waals surface area contributed by atoms with Crippen molar-refractivity contribution in [1.82, 2.24) is 5.32 Å². The molecule has 0 saturated carbocycles. The number of nitrogens with one attached hydrogen (secondary N) is 1. The van der Waals surface area contributed by atoms with Crippen LogP contribution in [0.3, 0.4) is 0 Å². The smallest absolute Gasteiger partial charge is 0.231 e. The van der Waals surface area contributed by atoms with Crippen molar-refractivity contribution in [3.05, 3.63) is 23.8 Å². The number of hydrogen-bond donors (Lipinski definition) is 2. The van der Waals surface area contributed by atoms with Gasteiger partial charge < -0.3 is 19.9 Å². The summed E-state index contributed by atoms with van der Waals surface area (Å²) in [4.78, 5) is 11.7. The third-order valence-electron chi connectivity index (χ3n) is 3.05. The summed E-state index contributed by atoms with van der Waals surface area (Å²) in [6.07, 6.45) is 1.67. The van der Waals surface area contributed by atoms with Gasteiger partial charge in [0.1, 0.15) is 0 Å². The predicted octanol–water partition coefficient (Wildman–Crippen LogP) is 1.23. The summed E-state index contributed by atoms with van der Waals surface area (Å²) in [5.74, 6) is 1.50. The number of carbonyl (C=O) groups is 1. The summed E-state index contributed by atoms with van der Waals surface area (Å²) in [5.41, 5.74) is 1.05. The number of ether oxygens (including phenoxy) is 2. The molecule has 1 aliphatic heterocycles. The largest absolute Gasteiger partial charge is 0.454 e. The van der Waals surface area contributed by atoms with Crippen LogP contribution in [0, 0.1) is 0 Å². The summed E-state index contributed by atoms with van der Waals surface area (Å²) in [5, 5.41) is 11.6. The molecule has 1 heterocycles. The lowest BCUT2D eigenvalue weighted by Crippen LogP contribution is -2.33. The van der Waals surface area contributed by atoms with Crippen molar-refractivity contribution in [2.75, 3.05) is 13.4 Å². The van der Waals surface area contributed by atoms with Gasteiger partial charge >= 0.3 is 0 Å². The van der Waals surface area contributed by atoms with E-state index >= 15 is 0 Å². The van der Waals surface area contributed by atoms with Crippen molar-refractivity contribution in [2.24, 2.45) is 0 Å². The highest BCUT2D eigenvalue weighted by atomic mass is 16.7. The molecule has 5 heteroatoms. The van der Waals surface area contributed by atoms with E-state index < -0.39 is 0 Å². The number of carbonyl (C=O) groups excluding carboxylic acids is 1. The topological polar surface area (TPSA) is 67.8 Å². The molecule has 19 heavy (non-hydrogen) atoms. The number of amides is 1. The van der Waals surface area contributed by atoms with Gasteiger partial charge in [0.25, 0.3) is 0 Å².